The molecule has 0 amide bonds. The van der Waals surface area contributed by atoms with Crippen molar-refractivity contribution >= 4 is 11.5 Å². The number of aromatic nitrogens is 2. The van der Waals surface area contributed by atoms with Gasteiger partial charge in [-0.25, -0.2) is 4.68 Å². The van der Waals surface area contributed by atoms with E-state index in [1.165, 1.54) is 11.1 Å². The fraction of sp³-hybridized carbons (Fsp3) is 0.438. The molecule has 0 radical (unpaired) electrons. The maximum absolute atomic E-state index is 6.18. The van der Waals surface area contributed by atoms with E-state index >= 15 is 0 Å². The summed E-state index contributed by atoms with van der Waals surface area (Å²) in [5.74, 6) is 0.968. The number of nitrogens with one attached hydrogen (secondary N) is 1. The van der Waals surface area contributed by atoms with Gasteiger partial charge in [0.1, 0.15) is 5.82 Å². The maximum atomic E-state index is 6.18. The summed E-state index contributed by atoms with van der Waals surface area (Å²) in [5.41, 5.74) is 10.7. The molecule has 1 heterocycles. The lowest BCUT2D eigenvalue weighted by Crippen LogP contribution is -2.23. The van der Waals surface area contributed by atoms with Crippen LogP contribution >= 0.6 is 0 Å². The second-order valence-corrected chi connectivity index (χ2v) is 5.90. The van der Waals surface area contributed by atoms with E-state index in [-0.39, 0.29) is 0 Å². The molecule has 0 saturated heterocycles. The number of rotatable bonds is 3. The van der Waals surface area contributed by atoms with Crippen molar-refractivity contribution in [3.63, 3.8) is 0 Å². The van der Waals surface area contributed by atoms with Crippen molar-refractivity contribution in [1.82, 2.24) is 9.78 Å². The summed E-state index contributed by atoms with van der Waals surface area (Å²) in [5, 5.41) is 8.13. The molecule has 0 bridgehead atoms. The Bertz CT molecular complexity index is 602. The number of nitrogens with zero attached hydrogens (tertiary/aromatic N) is 2. The molecule has 3 N–H and O–H groups in total. The highest BCUT2D eigenvalue weighted by Crippen LogP contribution is 2.30. The first kappa shape index (κ1) is 13.0. The molecule has 1 aliphatic carbocycles. The van der Waals surface area contributed by atoms with Crippen LogP contribution in [-0.4, -0.2) is 15.8 Å². The zero-order valence-electron chi connectivity index (χ0n) is 12.4. The summed E-state index contributed by atoms with van der Waals surface area (Å²) in [4.78, 5) is 0. The zero-order chi connectivity index (χ0) is 14.3. The Balaban J connectivity index is 1.84. The molecule has 0 unspecified atom stereocenters. The molecule has 0 saturated carbocycles. The molecule has 0 spiro atoms. The van der Waals surface area contributed by atoms with Crippen LogP contribution in [0.25, 0.3) is 0 Å². The number of aryl methyl sites for hydroxylation is 1. The number of fused-ring (bicyclic) bond motifs is 1. The van der Waals surface area contributed by atoms with E-state index in [9.17, 15) is 0 Å². The molecule has 4 heteroatoms. The van der Waals surface area contributed by atoms with Gasteiger partial charge in [-0.3, -0.25) is 0 Å². The summed E-state index contributed by atoms with van der Waals surface area (Å²) < 4.78 is 1.99. The van der Waals surface area contributed by atoms with Gasteiger partial charge in [-0.1, -0.05) is 24.3 Å². The Morgan fingerprint density at radius 3 is 2.40 bits per heavy atom. The van der Waals surface area contributed by atoms with Crippen molar-refractivity contribution in [2.75, 3.05) is 11.1 Å². The first-order chi connectivity index (χ1) is 9.56. The van der Waals surface area contributed by atoms with E-state index < -0.39 is 0 Å². The van der Waals surface area contributed by atoms with Gasteiger partial charge < -0.3 is 11.1 Å². The van der Waals surface area contributed by atoms with Gasteiger partial charge in [0.25, 0.3) is 0 Å². The standard InChI is InChI=1S/C16H22N4/c1-10(2)20-16(15(17)11(3)19-20)18-14-8-12-6-4-5-7-13(12)9-14/h4-7,10,14,18H,8-9,17H2,1-3H3. The van der Waals surface area contributed by atoms with Gasteiger partial charge in [0.15, 0.2) is 0 Å². The van der Waals surface area contributed by atoms with Gasteiger partial charge in [0.2, 0.25) is 0 Å². The highest BCUT2D eigenvalue weighted by molar-refractivity contribution is 5.65. The minimum Gasteiger partial charge on any atom is -0.394 e. The van der Waals surface area contributed by atoms with Crippen LogP contribution in [0.15, 0.2) is 24.3 Å². The summed E-state index contributed by atoms with van der Waals surface area (Å²) in [6.07, 6.45) is 2.11. The van der Waals surface area contributed by atoms with Crippen LogP contribution in [0.3, 0.4) is 0 Å². The summed E-state index contributed by atoms with van der Waals surface area (Å²) in [7, 11) is 0. The quantitative estimate of drug-likeness (QED) is 0.901. The van der Waals surface area contributed by atoms with Crippen molar-refractivity contribution in [1.29, 1.82) is 0 Å². The third kappa shape index (κ3) is 2.15. The minimum absolute atomic E-state index is 0.303. The Labute approximate surface area is 120 Å². The van der Waals surface area contributed by atoms with Crippen molar-refractivity contribution in [2.24, 2.45) is 0 Å². The van der Waals surface area contributed by atoms with Gasteiger partial charge in [-0.05, 0) is 44.7 Å². The average molecular weight is 270 g/mol. The summed E-state index contributed by atoms with van der Waals surface area (Å²) in [6, 6.07) is 9.35. The molecular weight excluding hydrogens is 248 g/mol. The van der Waals surface area contributed by atoms with E-state index in [0.29, 0.717) is 12.1 Å². The third-order valence-electron chi connectivity index (χ3n) is 4.01. The number of nitrogens with two attached hydrogens (primary N) is 1. The SMILES string of the molecule is Cc1nn(C(C)C)c(NC2Cc3ccccc3C2)c1N. The van der Waals surface area contributed by atoms with Gasteiger partial charge in [-0.15, -0.1) is 0 Å². The minimum atomic E-state index is 0.303. The highest BCUT2D eigenvalue weighted by Gasteiger charge is 2.24. The topological polar surface area (TPSA) is 55.9 Å². The molecule has 106 valence electrons. The smallest absolute Gasteiger partial charge is 0.148 e. The second kappa shape index (κ2) is 4.85. The maximum Gasteiger partial charge on any atom is 0.148 e. The fourth-order valence-electron chi connectivity index (χ4n) is 2.93. The third-order valence-corrected chi connectivity index (χ3v) is 4.01. The Kier molecular flexibility index (Phi) is 3.16. The molecule has 3 rings (SSSR count). The van der Waals surface area contributed by atoms with Crippen LogP contribution in [0.5, 0.6) is 0 Å². The predicted molar refractivity (Wildman–Crippen MR) is 83.0 cm³/mol. The molecule has 1 aliphatic rings. The molecule has 1 aromatic heterocycles. The van der Waals surface area contributed by atoms with Crippen LogP contribution in [-0.2, 0) is 12.8 Å². The molecule has 20 heavy (non-hydrogen) atoms. The van der Waals surface area contributed by atoms with Crippen LogP contribution in [0.4, 0.5) is 11.5 Å². The summed E-state index contributed by atoms with van der Waals surface area (Å²) in [6.45, 7) is 6.21. The first-order valence-electron chi connectivity index (χ1n) is 7.24. The number of hydrogen-bond donors (Lipinski definition) is 2. The molecule has 2 aromatic rings. The van der Waals surface area contributed by atoms with Crippen LogP contribution in [0.2, 0.25) is 0 Å². The zero-order valence-corrected chi connectivity index (χ0v) is 12.4. The predicted octanol–water partition coefficient (Wildman–Crippen LogP) is 2.93. The first-order valence-corrected chi connectivity index (χ1v) is 7.24. The molecule has 4 nitrogen and oxygen atoms in total. The van der Waals surface area contributed by atoms with E-state index in [0.717, 1.165) is 30.0 Å². The fourth-order valence-corrected chi connectivity index (χ4v) is 2.93. The van der Waals surface area contributed by atoms with Crippen molar-refractivity contribution < 1.29 is 0 Å². The average Bonchev–Trinajstić information content (AvgIpc) is 2.94. The van der Waals surface area contributed by atoms with Crippen LogP contribution in [0, 0.1) is 6.92 Å². The van der Waals surface area contributed by atoms with E-state index in [1.807, 2.05) is 11.6 Å². The van der Waals surface area contributed by atoms with E-state index in [4.69, 9.17) is 5.73 Å². The highest BCUT2D eigenvalue weighted by atomic mass is 15.4. The molecule has 0 aliphatic heterocycles. The second-order valence-electron chi connectivity index (χ2n) is 5.90. The lowest BCUT2D eigenvalue weighted by atomic mass is 10.1. The molecular formula is C16H22N4. The van der Waals surface area contributed by atoms with E-state index in [2.05, 4.69) is 48.5 Å². The van der Waals surface area contributed by atoms with Gasteiger partial charge in [-0.2, -0.15) is 5.10 Å². The van der Waals surface area contributed by atoms with Crippen LogP contribution in [0.1, 0.15) is 36.7 Å². The summed E-state index contributed by atoms with van der Waals surface area (Å²) >= 11 is 0. The number of nitrogen functional groups attached to an aromatic ring is 1. The number of hydrogen-bond acceptors (Lipinski definition) is 3. The monoisotopic (exact) mass is 270 g/mol. The van der Waals surface area contributed by atoms with Crippen molar-refractivity contribution in [3.05, 3.63) is 41.1 Å². The van der Waals surface area contributed by atoms with Gasteiger partial charge in [0.05, 0.1) is 11.4 Å². The molecule has 0 fully saturated rings. The van der Waals surface area contributed by atoms with Crippen LogP contribution < -0.4 is 11.1 Å². The number of anilines is 2. The Morgan fingerprint density at radius 1 is 1.25 bits per heavy atom. The van der Waals surface area contributed by atoms with Gasteiger partial charge in [0, 0.05) is 12.1 Å². The number of benzene rings is 1. The van der Waals surface area contributed by atoms with Crippen molar-refractivity contribution in [3.8, 4) is 0 Å². The van der Waals surface area contributed by atoms with Crippen molar-refractivity contribution in [2.45, 2.75) is 45.7 Å². The molecule has 1 aromatic carbocycles. The lowest BCUT2D eigenvalue weighted by Gasteiger charge is -2.17. The lowest BCUT2D eigenvalue weighted by molar-refractivity contribution is 0.530. The van der Waals surface area contributed by atoms with Gasteiger partial charge >= 0.3 is 0 Å². The largest absolute Gasteiger partial charge is 0.394 e. The Morgan fingerprint density at radius 2 is 1.85 bits per heavy atom. The Hall–Kier alpha value is -1.97. The normalized spacial score (nSPS) is 14.8. The molecule has 0 atom stereocenters. The van der Waals surface area contributed by atoms with E-state index in [1.54, 1.807) is 0 Å².